The smallest absolute Gasteiger partial charge is 0.107 e. The Kier molecular flexibility index (Phi) is 5.01. The number of aromatic nitrogens is 2. The van der Waals surface area contributed by atoms with E-state index in [1.54, 1.807) is 0 Å². The van der Waals surface area contributed by atoms with Gasteiger partial charge in [0.2, 0.25) is 0 Å². The van der Waals surface area contributed by atoms with E-state index in [4.69, 9.17) is 4.98 Å². The van der Waals surface area contributed by atoms with Crippen LogP contribution in [0, 0.1) is 6.92 Å². The Morgan fingerprint density at radius 1 is 0.769 bits per heavy atom. The number of unbranched alkanes of at least 4 members (excludes halogenated alkanes) is 3. The fourth-order valence-corrected chi connectivity index (χ4v) is 3.82. The van der Waals surface area contributed by atoms with Crippen molar-refractivity contribution in [2.24, 2.45) is 0 Å². The van der Waals surface area contributed by atoms with Crippen LogP contribution in [0.5, 0.6) is 0 Å². The molecule has 4 aromatic rings. The molecule has 1 heterocycles. The van der Waals surface area contributed by atoms with Gasteiger partial charge in [0.25, 0.3) is 0 Å². The average Bonchev–Trinajstić information content (AvgIpc) is 3.09. The molecular formula is C24H26N2. The number of hydrogen-bond donors (Lipinski definition) is 1. The molecule has 0 unspecified atom stereocenters. The third kappa shape index (κ3) is 3.65. The number of rotatable bonds is 7. The van der Waals surface area contributed by atoms with Crippen LogP contribution < -0.4 is 0 Å². The number of aryl methyl sites for hydroxylation is 3. The minimum absolute atomic E-state index is 1.04. The summed E-state index contributed by atoms with van der Waals surface area (Å²) >= 11 is 0. The Balaban J connectivity index is 1.25. The highest BCUT2D eigenvalue weighted by atomic mass is 14.9. The van der Waals surface area contributed by atoms with Crippen LogP contribution in [-0.2, 0) is 12.8 Å². The highest BCUT2D eigenvalue weighted by molar-refractivity contribution is 5.85. The summed E-state index contributed by atoms with van der Waals surface area (Å²) in [5.74, 6) is 1.13. The van der Waals surface area contributed by atoms with Crippen molar-refractivity contribution in [3.05, 3.63) is 77.6 Å². The monoisotopic (exact) mass is 342 g/mol. The molecule has 26 heavy (non-hydrogen) atoms. The zero-order chi connectivity index (χ0) is 17.8. The summed E-state index contributed by atoms with van der Waals surface area (Å²) in [5, 5.41) is 2.76. The molecule has 0 aliphatic rings. The van der Waals surface area contributed by atoms with E-state index in [1.807, 2.05) is 0 Å². The Morgan fingerprint density at radius 2 is 1.54 bits per heavy atom. The second-order valence-corrected chi connectivity index (χ2v) is 7.21. The number of nitrogens with one attached hydrogen (secondary N) is 1. The van der Waals surface area contributed by atoms with Crippen molar-refractivity contribution in [3.63, 3.8) is 0 Å². The van der Waals surface area contributed by atoms with E-state index in [-0.39, 0.29) is 0 Å². The molecule has 2 heteroatoms. The maximum absolute atomic E-state index is 4.76. The number of para-hydroxylation sites is 1. The quantitative estimate of drug-likeness (QED) is 0.388. The van der Waals surface area contributed by atoms with Gasteiger partial charge in [-0.15, -0.1) is 0 Å². The molecule has 3 aromatic carbocycles. The van der Waals surface area contributed by atoms with Crippen molar-refractivity contribution < 1.29 is 0 Å². The van der Waals surface area contributed by atoms with Gasteiger partial charge in [0.05, 0.1) is 11.0 Å². The maximum Gasteiger partial charge on any atom is 0.107 e. The molecule has 2 nitrogen and oxygen atoms in total. The zero-order valence-electron chi connectivity index (χ0n) is 15.5. The lowest BCUT2D eigenvalue weighted by atomic mass is 9.99. The molecule has 4 rings (SSSR count). The van der Waals surface area contributed by atoms with Gasteiger partial charge in [-0.05, 0) is 54.2 Å². The lowest BCUT2D eigenvalue weighted by Crippen LogP contribution is -1.91. The van der Waals surface area contributed by atoms with Crippen LogP contribution in [0.15, 0.2) is 60.7 Å². The lowest BCUT2D eigenvalue weighted by molar-refractivity contribution is 0.633. The largest absolute Gasteiger partial charge is 0.342 e. The van der Waals surface area contributed by atoms with Crippen molar-refractivity contribution >= 4 is 21.8 Å². The van der Waals surface area contributed by atoms with E-state index in [2.05, 4.69) is 72.6 Å². The predicted molar refractivity (Wildman–Crippen MR) is 111 cm³/mol. The molecule has 0 radical (unpaired) electrons. The molecule has 0 spiro atoms. The van der Waals surface area contributed by atoms with Crippen molar-refractivity contribution in [1.82, 2.24) is 9.97 Å². The highest BCUT2D eigenvalue weighted by Crippen LogP contribution is 2.21. The Morgan fingerprint density at radius 3 is 2.42 bits per heavy atom. The molecular weight excluding hydrogens is 316 g/mol. The van der Waals surface area contributed by atoms with Crippen molar-refractivity contribution in [2.75, 3.05) is 0 Å². The molecule has 1 aromatic heterocycles. The summed E-state index contributed by atoms with van der Waals surface area (Å²) in [4.78, 5) is 8.22. The van der Waals surface area contributed by atoms with Crippen LogP contribution in [0.25, 0.3) is 21.8 Å². The van der Waals surface area contributed by atoms with E-state index in [1.165, 1.54) is 54.0 Å². The second-order valence-electron chi connectivity index (χ2n) is 7.21. The molecule has 0 saturated carbocycles. The van der Waals surface area contributed by atoms with Gasteiger partial charge in [-0.3, -0.25) is 0 Å². The number of fused-ring (bicyclic) bond motifs is 2. The fraction of sp³-hybridized carbons (Fsp3) is 0.292. The predicted octanol–water partition coefficient (Wildman–Crippen LogP) is 6.37. The Bertz CT molecular complexity index is 1010. The Hall–Kier alpha value is -2.61. The van der Waals surface area contributed by atoms with E-state index >= 15 is 0 Å². The topological polar surface area (TPSA) is 28.7 Å². The summed E-state index contributed by atoms with van der Waals surface area (Å²) in [6.45, 7) is 2.13. The minimum atomic E-state index is 1.04. The fourth-order valence-electron chi connectivity index (χ4n) is 3.82. The van der Waals surface area contributed by atoms with Crippen molar-refractivity contribution in [3.8, 4) is 0 Å². The van der Waals surface area contributed by atoms with Gasteiger partial charge in [0.1, 0.15) is 5.82 Å². The van der Waals surface area contributed by atoms with E-state index in [0.717, 1.165) is 23.3 Å². The number of benzene rings is 3. The van der Waals surface area contributed by atoms with Gasteiger partial charge in [-0.1, -0.05) is 67.4 Å². The Labute approximate surface area is 155 Å². The molecule has 0 amide bonds. The van der Waals surface area contributed by atoms with Gasteiger partial charge in [0.15, 0.2) is 0 Å². The van der Waals surface area contributed by atoms with Crippen LogP contribution >= 0.6 is 0 Å². The summed E-state index contributed by atoms with van der Waals surface area (Å²) < 4.78 is 0. The standard InChI is InChI=1S/C24H26N2/c1-18-10-8-16-22-24(18)26-23(25-22)17-5-3-2-4-11-19-13-9-14-20-12-6-7-15-21(19)20/h6-10,12-16H,2-5,11,17H2,1H3,(H,25,26). The summed E-state index contributed by atoms with van der Waals surface area (Å²) in [7, 11) is 0. The van der Waals surface area contributed by atoms with Crippen molar-refractivity contribution in [2.45, 2.75) is 45.4 Å². The number of H-pyrrole nitrogens is 1. The zero-order valence-corrected chi connectivity index (χ0v) is 15.5. The van der Waals surface area contributed by atoms with E-state index in [9.17, 15) is 0 Å². The molecule has 0 aliphatic carbocycles. The van der Waals surface area contributed by atoms with Crippen LogP contribution in [0.2, 0.25) is 0 Å². The number of nitrogens with zero attached hydrogens (tertiary/aromatic N) is 1. The summed E-state index contributed by atoms with van der Waals surface area (Å²) in [6.07, 6.45) is 7.22. The van der Waals surface area contributed by atoms with Crippen LogP contribution in [0.1, 0.15) is 42.6 Å². The first kappa shape index (κ1) is 16.8. The molecule has 0 fully saturated rings. The molecule has 0 aliphatic heterocycles. The molecule has 0 saturated heterocycles. The number of aromatic amines is 1. The summed E-state index contributed by atoms with van der Waals surface area (Å²) in [5.41, 5.74) is 5.02. The molecule has 0 atom stereocenters. The highest BCUT2D eigenvalue weighted by Gasteiger charge is 2.05. The van der Waals surface area contributed by atoms with Gasteiger partial charge >= 0.3 is 0 Å². The van der Waals surface area contributed by atoms with Crippen LogP contribution in [0.4, 0.5) is 0 Å². The van der Waals surface area contributed by atoms with Gasteiger partial charge in [-0.25, -0.2) is 4.98 Å². The van der Waals surface area contributed by atoms with Crippen LogP contribution in [-0.4, -0.2) is 9.97 Å². The second kappa shape index (κ2) is 7.74. The van der Waals surface area contributed by atoms with E-state index < -0.39 is 0 Å². The average molecular weight is 342 g/mol. The van der Waals surface area contributed by atoms with E-state index in [0.29, 0.717) is 0 Å². The molecule has 1 N–H and O–H groups in total. The van der Waals surface area contributed by atoms with Crippen LogP contribution in [0.3, 0.4) is 0 Å². The normalized spacial score (nSPS) is 11.4. The SMILES string of the molecule is Cc1cccc2[nH]c(CCCCCCc3cccc4ccccc34)nc12. The minimum Gasteiger partial charge on any atom is -0.342 e. The third-order valence-corrected chi connectivity index (χ3v) is 5.25. The first-order chi connectivity index (χ1) is 12.8. The number of hydrogen-bond acceptors (Lipinski definition) is 1. The molecule has 132 valence electrons. The first-order valence-corrected chi connectivity index (χ1v) is 9.72. The van der Waals surface area contributed by atoms with Gasteiger partial charge in [0, 0.05) is 6.42 Å². The first-order valence-electron chi connectivity index (χ1n) is 9.72. The lowest BCUT2D eigenvalue weighted by Gasteiger charge is -2.06. The van der Waals surface area contributed by atoms with Crippen molar-refractivity contribution in [1.29, 1.82) is 0 Å². The van der Waals surface area contributed by atoms with Gasteiger partial charge in [-0.2, -0.15) is 0 Å². The summed E-state index contributed by atoms with van der Waals surface area (Å²) in [6, 6.07) is 21.7. The third-order valence-electron chi connectivity index (χ3n) is 5.25. The van der Waals surface area contributed by atoms with Gasteiger partial charge < -0.3 is 4.98 Å². The maximum atomic E-state index is 4.76. The molecule has 0 bridgehead atoms. The number of imidazole rings is 1.